The molecule has 4 heteroatoms. The van der Waals surface area contributed by atoms with Gasteiger partial charge < -0.3 is 10.1 Å². The third kappa shape index (κ3) is 4.78. The van der Waals surface area contributed by atoms with E-state index in [1.54, 1.807) is 0 Å². The van der Waals surface area contributed by atoms with Crippen LogP contribution in [0.2, 0.25) is 0 Å². The maximum absolute atomic E-state index is 11.5. The summed E-state index contributed by atoms with van der Waals surface area (Å²) in [7, 11) is 3.45. The minimum atomic E-state index is -0.193. The van der Waals surface area contributed by atoms with E-state index in [-0.39, 0.29) is 5.97 Å². The molecule has 18 heavy (non-hydrogen) atoms. The van der Waals surface area contributed by atoms with Gasteiger partial charge in [0.1, 0.15) is 0 Å². The van der Waals surface area contributed by atoms with Gasteiger partial charge in [0.25, 0.3) is 0 Å². The van der Waals surface area contributed by atoms with Crippen molar-refractivity contribution < 1.29 is 9.53 Å². The summed E-state index contributed by atoms with van der Waals surface area (Å²) < 4.78 is 4.77. The van der Waals surface area contributed by atoms with Crippen molar-refractivity contribution >= 4 is 5.97 Å². The minimum absolute atomic E-state index is 0.193. The second-order valence-corrected chi connectivity index (χ2v) is 4.90. The molecule has 4 nitrogen and oxygen atoms in total. The van der Waals surface area contributed by atoms with Gasteiger partial charge in [0.2, 0.25) is 0 Å². The molecule has 1 atom stereocenters. The summed E-state index contributed by atoms with van der Waals surface area (Å²) >= 11 is 0. The normalized spacial score (nSPS) is 21.9. The number of nitrogens with zero attached hydrogens (tertiary/aromatic N) is 1. The third-order valence-corrected chi connectivity index (χ3v) is 3.52. The number of piperidine rings is 1. The van der Waals surface area contributed by atoms with Crippen LogP contribution >= 0.6 is 0 Å². The Bertz CT molecular complexity index is 288. The Morgan fingerprint density at radius 1 is 1.56 bits per heavy atom. The summed E-state index contributed by atoms with van der Waals surface area (Å²) in [6.45, 7) is 6.18. The molecule has 1 saturated heterocycles. The Kier molecular flexibility index (Phi) is 6.98. The SMILES string of the molecule is CCC(=CCN1CCCC(CNC)C1)C(=O)OC. The van der Waals surface area contributed by atoms with Gasteiger partial charge in [0, 0.05) is 18.7 Å². The average Bonchev–Trinajstić information content (AvgIpc) is 2.40. The predicted molar refractivity (Wildman–Crippen MR) is 73.5 cm³/mol. The van der Waals surface area contributed by atoms with Gasteiger partial charge in [-0.1, -0.05) is 13.0 Å². The van der Waals surface area contributed by atoms with Gasteiger partial charge in [-0.05, 0) is 45.3 Å². The minimum Gasteiger partial charge on any atom is -0.466 e. The lowest BCUT2D eigenvalue weighted by Crippen LogP contribution is -2.39. The van der Waals surface area contributed by atoms with Crippen molar-refractivity contribution in [2.45, 2.75) is 26.2 Å². The van der Waals surface area contributed by atoms with Crippen LogP contribution in [0.5, 0.6) is 0 Å². The van der Waals surface area contributed by atoms with Crippen LogP contribution < -0.4 is 5.32 Å². The molecule has 1 aliphatic rings. The van der Waals surface area contributed by atoms with E-state index in [9.17, 15) is 4.79 Å². The highest BCUT2D eigenvalue weighted by Gasteiger charge is 2.18. The van der Waals surface area contributed by atoms with Crippen LogP contribution in [0.15, 0.2) is 11.6 Å². The van der Waals surface area contributed by atoms with E-state index >= 15 is 0 Å². The van der Waals surface area contributed by atoms with E-state index in [1.807, 2.05) is 20.0 Å². The highest BCUT2D eigenvalue weighted by atomic mass is 16.5. The fourth-order valence-corrected chi connectivity index (χ4v) is 2.51. The van der Waals surface area contributed by atoms with Crippen molar-refractivity contribution in [2.24, 2.45) is 5.92 Å². The van der Waals surface area contributed by atoms with Gasteiger partial charge in [-0.3, -0.25) is 4.90 Å². The number of carbonyl (C=O) groups excluding carboxylic acids is 1. The van der Waals surface area contributed by atoms with Crippen molar-refractivity contribution in [1.29, 1.82) is 0 Å². The van der Waals surface area contributed by atoms with Crippen molar-refractivity contribution in [3.63, 3.8) is 0 Å². The fraction of sp³-hybridized carbons (Fsp3) is 0.786. The predicted octanol–water partition coefficient (Wildman–Crippen LogP) is 1.43. The van der Waals surface area contributed by atoms with Crippen LogP contribution in [0.3, 0.4) is 0 Å². The van der Waals surface area contributed by atoms with Gasteiger partial charge in [0.05, 0.1) is 7.11 Å². The first-order valence-electron chi connectivity index (χ1n) is 6.85. The van der Waals surface area contributed by atoms with Crippen LogP contribution in [0.4, 0.5) is 0 Å². The Morgan fingerprint density at radius 3 is 2.94 bits per heavy atom. The highest BCUT2D eigenvalue weighted by molar-refractivity contribution is 5.88. The first-order chi connectivity index (χ1) is 8.71. The molecule has 0 saturated carbocycles. The second-order valence-electron chi connectivity index (χ2n) is 4.90. The lowest BCUT2D eigenvalue weighted by molar-refractivity contribution is -0.136. The molecule has 104 valence electrons. The van der Waals surface area contributed by atoms with Crippen LogP contribution in [0, 0.1) is 5.92 Å². The first-order valence-corrected chi connectivity index (χ1v) is 6.85. The highest BCUT2D eigenvalue weighted by Crippen LogP contribution is 2.16. The zero-order valence-corrected chi connectivity index (χ0v) is 11.9. The summed E-state index contributed by atoms with van der Waals surface area (Å²) in [4.78, 5) is 13.9. The summed E-state index contributed by atoms with van der Waals surface area (Å²) in [5.41, 5.74) is 0.785. The summed E-state index contributed by atoms with van der Waals surface area (Å²) in [6.07, 6.45) is 5.31. The monoisotopic (exact) mass is 254 g/mol. The maximum Gasteiger partial charge on any atom is 0.333 e. The summed E-state index contributed by atoms with van der Waals surface area (Å²) in [6, 6.07) is 0. The number of rotatable bonds is 6. The third-order valence-electron chi connectivity index (χ3n) is 3.52. The van der Waals surface area contributed by atoms with Gasteiger partial charge >= 0.3 is 5.97 Å². The van der Waals surface area contributed by atoms with Crippen LogP contribution in [0.1, 0.15) is 26.2 Å². The molecule has 1 aliphatic heterocycles. The van der Waals surface area contributed by atoms with Crippen molar-refractivity contribution in [3.05, 3.63) is 11.6 Å². The van der Waals surface area contributed by atoms with Gasteiger partial charge in [-0.25, -0.2) is 4.79 Å². The van der Waals surface area contributed by atoms with E-state index < -0.39 is 0 Å². The van der Waals surface area contributed by atoms with Crippen LogP contribution in [0.25, 0.3) is 0 Å². The maximum atomic E-state index is 11.5. The molecule has 0 aromatic heterocycles. The summed E-state index contributed by atoms with van der Waals surface area (Å²) in [5, 5.41) is 3.25. The number of methoxy groups -OCH3 is 1. The smallest absolute Gasteiger partial charge is 0.333 e. The number of ether oxygens (including phenoxy) is 1. The van der Waals surface area contributed by atoms with Gasteiger partial charge in [-0.15, -0.1) is 0 Å². The van der Waals surface area contributed by atoms with Gasteiger partial charge in [-0.2, -0.15) is 0 Å². The standard InChI is InChI=1S/C14H26N2O2/c1-4-13(14(17)18-3)7-9-16-8-5-6-12(11-16)10-15-2/h7,12,15H,4-6,8-11H2,1-3H3. The van der Waals surface area contributed by atoms with E-state index in [1.165, 1.54) is 20.0 Å². The molecule has 0 bridgehead atoms. The molecule has 1 heterocycles. The van der Waals surface area contributed by atoms with Gasteiger partial charge in [0.15, 0.2) is 0 Å². The first kappa shape index (κ1) is 15.2. The molecular formula is C14H26N2O2. The van der Waals surface area contributed by atoms with Crippen LogP contribution in [-0.2, 0) is 9.53 Å². The lowest BCUT2D eigenvalue weighted by atomic mass is 9.98. The zero-order chi connectivity index (χ0) is 13.4. The molecule has 1 fully saturated rings. The van der Waals surface area contributed by atoms with E-state index in [4.69, 9.17) is 4.74 Å². The number of nitrogens with one attached hydrogen (secondary N) is 1. The number of esters is 1. The molecule has 0 aliphatic carbocycles. The Labute approximate surface area is 110 Å². The molecule has 1 rings (SSSR count). The quantitative estimate of drug-likeness (QED) is 0.575. The van der Waals surface area contributed by atoms with E-state index in [0.29, 0.717) is 0 Å². The van der Waals surface area contributed by atoms with E-state index in [2.05, 4.69) is 10.2 Å². The number of carbonyl (C=O) groups is 1. The second kappa shape index (κ2) is 8.27. The Morgan fingerprint density at radius 2 is 2.33 bits per heavy atom. The molecule has 0 amide bonds. The number of hydrogen-bond donors (Lipinski definition) is 1. The average molecular weight is 254 g/mol. The molecule has 0 aromatic rings. The van der Waals surface area contributed by atoms with Crippen molar-refractivity contribution in [1.82, 2.24) is 10.2 Å². The van der Waals surface area contributed by atoms with E-state index in [0.717, 1.165) is 44.1 Å². The molecule has 1 unspecified atom stereocenters. The molecule has 0 radical (unpaired) electrons. The van der Waals surface area contributed by atoms with Crippen LogP contribution in [-0.4, -0.2) is 51.2 Å². The zero-order valence-electron chi connectivity index (χ0n) is 11.9. The fourth-order valence-electron chi connectivity index (χ4n) is 2.51. The topological polar surface area (TPSA) is 41.6 Å². The molecule has 0 spiro atoms. The summed E-state index contributed by atoms with van der Waals surface area (Å²) in [5.74, 6) is 0.543. The number of likely N-dealkylation sites (tertiary alicyclic amines) is 1. The number of hydrogen-bond acceptors (Lipinski definition) is 4. The Balaban J connectivity index is 2.45. The molecule has 0 aromatic carbocycles. The Hall–Kier alpha value is -0.870. The lowest BCUT2D eigenvalue weighted by Gasteiger charge is -2.32. The molecule has 1 N–H and O–H groups in total. The molecular weight excluding hydrogens is 228 g/mol. The largest absolute Gasteiger partial charge is 0.466 e. The van der Waals surface area contributed by atoms with Crippen molar-refractivity contribution in [3.8, 4) is 0 Å². The van der Waals surface area contributed by atoms with Crippen molar-refractivity contribution in [2.75, 3.05) is 40.3 Å².